The van der Waals surface area contributed by atoms with Crippen LogP contribution in [0, 0.1) is 21.1 Å². The van der Waals surface area contributed by atoms with Gasteiger partial charge in [-0.15, -0.1) is 0 Å². The first-order valence-electron chi connectivity index (χ1n) is 7.94. The minimum Gasteiger partial charge on any atom is -0.345 e. The number of aromatic amines is 2. The van der Waals surface area contributed by atoms with Gasteiger partial charge >= 0.3 is 0 Å². The smallest absolute Gasteiger partial charge is 0.138 e. The number of rotatable bonds is 1. The molecule has 4 nitrogen and oxygen atoms in total. The number of hydrogen-bond acceptors (Lipinski definition) is 2. The van der Waals surface area contributed by atoms with Crippen molar-refractivity contribution in [3.05, 3.63) is 82.1 Å². The molecule has 2 aromatic heterocycles. The highest BCUT2D eigenvalue weighted by molar-refractivity contribution is 5.87. The largest absolute Gasteiger partial charge is 0.345 e. The number of hydrogen-bond donors (Lipinski definition) is 2. The lowest BCUT2D eigenvalue weighted by Crippen LogP contribution is -1.87. The maximum atomic E-state index is 4.84. The molecule has 0 atom stereocenters. The monoisotopic (exact) mass is 308 g/mol. The number of nitrogens with one attached hydrogen (secondary N) is 2. The van der Waals surface area contributed by atoms with Gasteiger partial charge in [-0.1, -0.05) is 36.4 Å². The van der Waals surface area contributed by atoms with Gasteiger partial charge in [0.05, 0.1) is 28.4 Å². The molecule has 4 heteroatoms. The van der Waals surface area contributed by atoms with E-state index in [1.165, 1.54) is 16.0 Å². The molecule has 2 aliphatic rings. The van der Waals surface area contributed by atoms with E-state index in [0.29, 0.717) is 0 Å². The molecule has 0 fully saturated rings. The molecule has 0 aliphatic carbocycles. The Morgan fingerprint density at radius 3 is 2.58 bits per heavy atom. The van der Waals surface area contributed by atoms with E-state index in [-0.39, 0.29) is 0 Å². The zero-order valence-corrected chi connectivity index (χ0v) is 12.7. The molecule has 4 bridgehead atoms. The normalized spacial score (nSPS) is 12.2. The number of fused-ring (bicyclic) bond motifs is 3. The van der Waals surface area contributed by atoms with Gasteiger partial charge in [0.15, 0.2) is 0 Å². The summed E-state index contributed by atoms with van der Waals surface area (Å²) in [4.78, 5) is 15.8. The molecule has 5 aromatic rings. The van der Waals surface area contributed by atoms with Crippen LogP contribution in [0.4, 0.5) is 0 Å². The number of aromatic nitrogens is 4. The predicted molar refractivity (Wildman–Crippen MR) is 93.0 cm³/mol. The molecule has 3 aromatic carbocycles. The Morgan fingerprint density at radius 1 is 0.792 bits per heavy atom. The summed E-state index contributed by atoms with van der Waals surface area (Å²) < 4.78 is 0. The average Bonchev–Trinajstić information content (AvgIpc) is 3.25. The van der Waals surface area contributed by atoms with E-state index in [4.69, 9.17) is 4.98 Å². The van der Waals surface area contributed by atoms with Crippen LogP contribution in [0.1, 0.15) is 0 Å². The van der Waals surface area contributed by atoms with Crippen LogP contribution in [0.15, 0.2) is 60.9 Å². The van der Waals surface area contributed by atoms with Gasteiger partial charge in [-0.3, -0.25) is 0 Å². The van der Waals surface area contributed by atoms with Crippen molar-refractivity contribution in [2.75, 3.05) is 0 Å². The van der Waals surface area contributed by atoms with E-state index in [1.54, 1.807) is 6.33 Å². The lowest BCUT2D eigenvalue weighted by Gasteiger charge is -2.05. The summed E-state index contributed by atoms with van der Waals surface area (Å²) in [7, 11) is 0. The van der Waals surface area contributed by atoms with E-state index in [2.05, 4.69) is 69.5 Å². The van der Waals surface area contributed by atoms with Crippen LogP contribution in [-0.4, -0.2) is 19.9 Å². The van der Waals surface area contributed by atoms with Gasteiger partial charge in [-0.05, 0) is 34.5 Å². The summed E-state index contributed by atoms with van der Waals surface area (Å²) in [6.45, 7) is 0. The van der Waals surface area contributed by atoms with E-state index in [1.807, 2.05) is 0 Å². The first kappa shape index (κ1) is 12.1. The molecule has 24 heavy (non-hydrogen) atoms. The predicted octanol–water partition coefficient (Wildman–Crippen LogP) is 3.99. The van der Waals surface area contributed by atoms with Gasteiger partial charge in [0.1, 0.15) is 5.48 Å². The Labute approximate surface area is 135 Å². The third kappa shape index (κ3) is 1.47. The van der Waals surface area contributed by atoms with Gasteiger partial charge in [0.25, 0.3) is 0 Å². The SMILES string of the molecule is c1nc2ccc(-c3ccc4[nH]c5nc4c3=c3ccc=5cc3)cc2[nH]1. The first-order valence-corrected chi connectivity index (χ1v) is 7.94. The molecule has 0 radical (unpaired) electrons. The van der Waals surface area contributed by atoms with Crippen molar-refractivity contribution < 1.29 is 0 Å². The van der Waals surface area contributed by atoms with E-state index >= 15 is 0 Å². The summed E-state index contributed by atoms with van der Waals surface area (Å²) in [6.07, 6.45) is 1.73. The van der Waals surface area contributed by atoms with Crippen LogP contribution in [0.5, 0.6) is 0 Å². The summed E-state index contributed by atoms with van der Waals surface area (Å²) >= 11 is 0. The van der Waals surface area contributed by atoms with Gasteiger partial charge in [-0.25, -0.2) is 9.97 Å². The molecule has 2 aliphatic heterocycles. The van der Waals surface area contributed by atoms with Crippen LogP contribution >= 0.6 is 0 Å². The molecule has 0 unspecified atom stereocenters. The molecular formula is C20H12N4. The van der Waals surface area contributed by atoms with Crippen molar-refractivity contribution in [1.29, 1.82) is 0 Å². The zero-order valence-electron chi connectivity index (χ0n) is 12.7. The molecule has 0 amide bonds. The lowest BCUT2D eigenvalue weighted by molar-refractivity contribution is 1.20. The fourth-order valence-corrected chi connectivity index (χ4v) is 3.64. The second-order valence-electron chi connectivity index (χ2n) is 6.18. The second kappa shape index (κ2) is 4.11. The number of nitrogens with zero attached hydrogens (tertiary/aromatic N) is 2. The van der Waals surface area contributed by atoms with Crippen molar-refractivity contribution in [1.82, 2.24) is 19.9 Å². The van der Waals surface area contributed by atoms with E-state index in [0.717, 1.165) is 38.3 Å². The average molecular weight is 308 g/mol. The zero-order chi connectivity index (χ0) is 15.7. The van der Waals surface area contributed by atoms with Gasteiger partial charge in [0, 0.05) is 10.4 Å². The quantitative estimate of drug-likeness (QED) is 0.482. The summed E-state index contributed by atoms with van der Waals surface area (Å²) in [5.74, 6) is 0. The Morgan fingerprint density at radius 2 is 1.67 bits per heavy atom. The van der Waals surface area contributed by atoms with E-state index < -0.39 is 0 Å². The van der Waals surface area contributed by atoms with Crippen molar-refractivity contribution in [2.24, 2.45) is 0 Å². The minimum atomic E-state index is 0.929. The van der Waals surface area contributed by atoms with Crippen LogP contribution in [-0.2, 0) is 0 Å². The highest BCUT2D eigenvalue weighted by Crippen LogP contribution is 2.28. The summed E-state index contributed by atoms with van der Waals surface area (Å²) in [5, 5.41) is 3.50. The summed E-state index contributed by atoms with van der Waals surface area (Å²) in [5.41, 5.74) is 7.42. The van der Waals surface area contributed by atoms with Gasteiger partial charge in [0.2, 0.25) is 0 Å². The van der Waals surface area contributed by atoms with Crippen molar-refractivity contribution in [3.8, 4) is 11.1 Å². The molecule has 7 rings (SSSR count). The topological polar surface area (TPSA) is 57.4 Å². The molecule has 112 valence electrons. The van der Waals surface area contributed by atoms with Crippen LogP contribution in [0.25, 0.3) is 33.2 Å². The standard InChI is InChI=1S/C20H12N4/c1-3-12-4-2-11(1)18-14(6-8-16-19(18)24-20(12)23-16)13-5-7-15-17(9-13)22-10-21-15/h1-10H,(H,21,22)(H,23,24). The first-order chi connectivity index (χ1) is 11.9. The van der Waals surface area contributed by atoms with Crippen molar-refractivity contribution in [2.45, 2.75) is 0 Å². The second-order valence-corrected chi connectivity index (χ2v) is 6.18. The van der Waals surface area contributed by atoms with Crippen LogP contribution in [0.2, 0.25) is 0 Å². The van der Waals surface area contributed by atoms with Crippen LogP contribution < -0.4 is 0 Å². The molecule has 4 heterocycles. The Bertz CT molecular complexity index is 1430. The van der Waals surface area contributed by atoms with Crippen molar-refractivity contribution in [3.63, 3.8) is 0 Å². The van der Waals surface area contributed by atoms with E-state index in [9.17, 15) is 0 Å². The van der Waals surface area contributed by atoms with Crippen molar-refractivity contribution >= 4 is 22.1 Å². The Balaban J connectivity index is 1.86. The van der Waals surface area contributed by atoms with Gasteiger partial charge < -0.3 is 9.97 Å². The summed E-state index contributed by atoms with van der Waals surface area (Å²) in [6, 6.07) is 19.2. The molecule has 2 N–H and O–H groups in total. The minimum absolute atomic E-state index is 0.929. The third-order valence-corrected chi connectivity index (χ3v) is 4.83. The number of H-pyrrole nitrogens is 2. The lowest BCUT2D eigenvalue weighted by atomic mass is 10.00. The Kier molecular flexibility index (Phi) is 2.07. The molecular weight excluding hydrogens is 296 g/mol. The Hall–Kier alpha value is -3.40. The fraction of sp³-hybridized carbons (Fsp3) is 0. The number of benzene rings is 3. The fourth-order valence-electron chi connectivity index (χ4n) is 3.64. The van der Waals surface area contributed by atoms with Crippen LogP contribution in [0.3, 0.4) is 0 Å². The molecule has 0 saturated carbocycles. The maximum absolute atomic E-state index is 4.84. The third-order valence-electron chi connectivity index (χ3n) is 4.83. The highest BCUT2D eigenvalue weighted by Gasteiger charge is 2.10. The molecule has 0 saturated heterocycles. The maximum Gasteiger partial charge on any atom is 0.138 e. The molecule has 0 spiro atoms. The highest BCUT2D eigenvalue weighted by atomic mass is 14.9. The van der Waals surface area contributed by atoms with Gasteiger partial charge in [-0.2, -0.15) is 0 Å². The number of imidazole rings is 2.